The van der Waals surface area contributed by atoms with Crippen LogP contribution in [0.1, 0.15) is 12.8 Å². The van der Waals surface area contributed by atoms with E-state index in [1.807, 2.05) is 18.2 Å². The Bertz CT molecular complexity index is 601. The molecule has 2 N–H and O–H groups in total. The number of aromatic nitrogens is 2. The van der Waals surface area contributed by atoms with Crippen molar-refractivity contribution < 1.29 is 9.90 Å². The number of aliphatic hydroxyl groups is 1. The van der Waals surface area contributed by atoms with E-state index in [-0.39, 0.29) is 12.5 Å². The molecule has 5 nitrogen and oxygen atoms in total. The molecule has 0 atom stereocenters. The molecule has 1 saturated carbocycles. The van der Waals surface area contributed by atoms with E-state index in [1.54, 1.807) is 18.3 Å². The van der Waals surface area contributed by atoms with E-state index in [2.05, 4.69) is 9.97 Å². The van der Waals surface area contributed by atoms with Gasteiger partial charge < -0.3 is 15.0 Å². The summed E-state index contributed by atoms with van der Waals surface area (Å²) in [6, 6.07) is 5.64. The van der Waals surface area contributed by atoms with Crippen molar-refractivity contribution in [3.63, 3.8) is 0 Å². The SMILES string of the molecule is CN(C(=O)C1(CO)CC1)c1ccc2nc[nH]c2c1. The first-order chi connectivity index (χ1) is 8.66. The molecular formula is C13H15N3O2. The number of carbonyl (C=O) groups excluding carboxylic acids is 1. The van der Waals surface area contributed by atoms with E-state index in [0.29, 0.717) is 0 Å². The highest BCUT2D eigenvalue weighted by molar-refractivity contribution is 6.00. The number of hydrogen-bond acceptors (Lipinski definition) is 3. The predicted octanol–water partition coefficient (Wildman–Crippen LogP) is 1.30. The van der Waals surface area contributed by atoms with Crippen molar-refractivity contribution in [2.75, 3.05) is 18.6 Å². The van der Waals surface area contributed by atoms with Gasteiger partial charge in [-0.3, -0.25) is 4.79 Å². The Kier molecular flexibility index (Phi) is 2.38. The minimum absolute atomic E-state index is 0.0103. The van der Waals surface area contributed by atoms with E-state index in [0.717, 1.165) is 29.6 Å². The molecule has 1 aromatic heterocycles. The molecule has 0 aliphatic heterocycles. The van der Waals surface area contributed by atoms with Crippen LogP contribution in [-0.2, 0) is 4.79 Å². The smallest absolute Gasteiger partial charge is 0.235 e. The number of H-pyrrole nitrogens is 1. The third-order valence-electron chi connectivity index (χ3n) is 3.71. The molecule has 18 heavy (non-hydrogen) atoms. The maximum Gasteiger partial charge on any atom is 0.235 e. The number of rotatable bonds is 3. The Hall–Kier alpha value is -1.88. The number of benzene rings is 1. The van der Waals surface area contributed by atoms with E-state index >= 15 is 0 Å². The molecule has 0 spiro atoms. The Balaban J connectivity index is 1.91. The maximum absolute atomic E-state index is 12.3. The van der Waals surface area contributed by atoms with Crippen molar-refractivity contribution in [3.8, 4) is 0 Å². The van der Waals surface area contributed by atoms with Crippen molar-refractivity contribution in [2.45, 2.75) is 12.8 Å². The van der Waals surface area contributed by atoms with Gasteiger partial charge in [0.1, 0.15) is 0 Å². The summed E-state index contributed by atoms with van der Waals surface area (Å²) >= 11 is 0. The summed E-state index contributed by atoms with van der Waals surface area (Å²) in [5.41, 5.74) is 2.07. The molecule has 0 saturated heterocycles. The summed E-state index contributed by atoms with van der Waals surface area (Å²) in [6.07, 6.45) is 3.18. The summed E-state index contributed by atoms with van der Waals surface area (Å²) < 4.78 is 0. The van der Waals surface area contributed by atoms with Gasteiger partial charge in [0.2, 0.25) is 5.91 Å². The van der Waals surface area contributed by atoms with Crippen LogP contribution in [0.3, 0.4) is 0 Å². The molecule has 0 bridgehead atoms. The van der Waals surface area contributed by atoms with Gasteiger partial charge in [0.15, 0.2) is 0 Å². The first kappa shape index (κ1) is 11.2. The van der Waals surface area contributed by atoms with Crippen molar-refractivity contribution in [2.24, 2.45) is 5.41 Å². The molecule has 0 radical (unpaired) electrons. The monoisotopic (exact) mass is 245 g/mol. The Morgan fingerprint density at radius 1 is 1.56 bits per heavy atom. The number of nitrogens with one attached hydrogen (secondary N) is 1. The van der Waals surface area contributed by atoms with E-state index in [9.17, 15) is 9.90 Å². The minimum atomic E-state index is -0.530. The zero-order valence-electron chi connectivity index (χ0n) is 10.2. The van der Waals surface area contributed by atoms with Gasteiger partial charge in [-0.25, -0.2) is 4.98 Å². The average molecular weight is 245 g/mol. The number of hydrogen-bond donors (Lipinski definition) is 2. The predicted molar refractivity (Wildman–Crippen MR) is 68.3 cm³/mol. The topological polar surface area (TPSA) is 69.2 Å². The van der Waals surface area contributed by atoms with Crippen LogP contribution in [0.15, 0.2) is 24.5 Å². The van der Waals surface area contributed by atoms with Gasteiger partial charge in [0.05, 0.1) is 29.4 Å². The quantitative estimate of drug-likeness (QED) is 0.856. The zero-order chi connectivity index (χ0) is 12.8. The summed E-state index contributed by atoms with van der Waals surface area (Å²) in [4.78, 5) is 21.1. The second-order valence-electron chi connectivity index (χ2n) is 4.91. The molecule has 5 heteroatoms. The van der Waals surface area contributed by atoms with Crippen LogP contribution in [0.4, 0.5) is 5.69 Å². The lowest BCUT2D eigenvalue weighted by atomic mass is 10.1. The number of amides is 1. The molecule has 1 aliphatic carbocycles. The number of aliphatic hydroxyl groups excluding tert-OH is 1. The van der Waals surface area contributed by atoms with Crippen LogP contribution < -0.4 is 4.90 Å². The standard InChI is InChI=1S/C13H15N3O2/c1-16(12(18)13(7-17)4-5-13)9-2-3-10-11(6-9)15-8-14-10/h2-3,6,8,17H,4-5,7H2,1H3,(H,14,15). The second-order valence-corrected chi connectivity index (χ2v) is 4.91. The normalized spacial score (nSPS) is 16.8. The number of nitrogens with zero attached hydrogens (tertiary/aromatic N) is 2. The molecule has 0 unspecified atom stereocenters. The summed E-state index contributed by atoms with van der Waals surface area (Å²) in [5, 5.41) is 9.30. The molecule has 94 valence electrons. The lowest BCUT2D eigenvalue weighted by Crippen LogP contribution is -2.36. The van der Waals surface area contributed by atoms with Crippen molar-refractivity contribution in [1.82, 2.24) is 9.97 Å². The van der Waals surface area contributed by atoms with Crippen LogP contribution >= 0.6 is 0 Å². The van der Waals surface area contributed by atoms with Crippen LogP contribution in [-0.4, -0.2) is 34.6 Å². The Morgan fingerprint density at radius 3 is 3.00 bits per heavy atom. The molecule has 1 fully saturated rings. The third-order valence-corrected chi connectivity index (χ3v) is 3.71. The van der Waals surface area contributed by atoms with Crippen molar-refractivity contribution in [1.29, 1.82) is 0 Å². The van der Waals surface area contributed by atoms with E-state index in [1.165, 1.54) is 0 Å². The number of anilines is 1. The average Bonchev–Trinajstić information content (AvgIpc) is 3.07. The number of fused-ring (bicyclic) bond motifs is 1. The highest BCUT2D eigenvalue weighted by atomic mass is 16.3. The molecule has 1 aliphatic rings. The Labute approximate surface area is 104 Å². The molecule has 2 aromatic rings. The van der Waals surface area contributed by atoms with Gasteiger partial charge in [-0.05, 0) is 31.0 Å². The van der Waals surface area contributed by atoms with Crippen LogP contribution in [0.2, 0.25) is 0 Å². The van der Waals surface area contributed by atoms with Gasteiger partial charge in [-0.1, -0.05) is 0 Å². The first-order valence-electron chi connectivity index (χ1n) is 5.98. The van der Waals surface area contributed by atoms with Crippen molar-refractivity contribution >= 4 is 22.6 Å². The minimum Gasteiger partial charge on any atom is -0.395 e. The lowest BCUT2D eigenvalue weighted by molar-refractivity contribution is -0.124. The fraction of sp³-hybridized carbons (Fsp3) is 0.385. The maximum atomic E-state index is 12.3. The summed E-state index contributed by atoms with van der Waals surface area (Å²) in [7, 11) is 1.75. The van der Waals surface area contributed by atoms with Gasteiger partial charge in [0, 0.05) is 12.7 Å². The van der Waals surface area contributed by atoms with Gasteiger partial charge in [-0.15, -0.1) is 0 Å². The lowest BCUT2D eigenvalue weighted by Gasteiger charge is -2.22. The molecule has 1 aromatic carbocycles. The van der Waals surface area contributed by atoms with Crippen LogP contribution in [0.25, 0.3) is 11.0 Å². The van der Waals surface area contributed by atoms with Crippen LogP contribution in [0, 0.1) is 5.41 Å². The summed E-state index contributed by atoms with van der Waals surface area (Å²) in [5.74, 6) is -0.0103. The fourth-order valence-corrected chi connectivity index (χ4v) is 2.20. The highest BCUT2D eigenvalue weighted by Gasteiger charge is 2.50. The van der Waals surface area contributed by atoms with Gasteiger partial charge in [-0.2, -0.15) is 0 Å². The van der Waals surface area contributed by atoms with E-state index < -0.39 is 5.41 Å². The van der Waals surface area contributed by atoms with Gasteiger partial charge >= 0.3 is 0 Å². The highest BCUT2D eigenvalue weighted by Crippen LogP contribution is 2.47. The Morgan fingerprint density at radius 2 is 2.33 bits per heavy atom. The van der Waals surface area contributed by atoms with Gasteiger partial charge in [0.25, 0.3) is 0 Å². The first-order valence-corrected chi connectivity index (χ1v) is 5.98. The molecule has 1 heterocycles. The molecule has 1 amide bonds. The zero-order valence-corrected chi connectivity index (χ0v) is 10.2. The second kappa shape index (κ2) is 3.81. The molecular weight excluding hydrogens is 230 g/mol. The largest absolute Gasteiger partial charge is 0.395 e. The third kappa shape index (κ3) is 1.59. The van der Waals surface area contributed by atoms with E-state index in [4.69, 9.17) is 0 Å². The number of carbonyl (C=O) groups is 1. The fourth-order valence-electron chi connectivity index (χ4n) is 2.20. The van der Waals surface area contributed by atoms with Crippen LogP contribution in [0.5, 0.6) is 0 Å². The summed E-state index contributed by atoms with van der Waals surface area (Å²) in [6.45, 7) is -0.0670. The molecule has 3 rings (SSSR count). The van der Waals surface area contributed by atoms with Crippen molar-refractivity contribution in [3.05, 3.63) is 24.5 Å². The number of imidazole rings is 1. The number of aromatic amines is 1.